The summed E-state index contributed by atoms with van der Waals surface area (Å²) < 4.78 is 96.3. The average molecular weight is 415 g/mol. The van der Waals surface area contributed by atoms with Gasteiger partial charge in [0.15, 0.2) is 0 Å². The summed E-state index contributed by atoms with van der Waals surface area (Å²) in [6.45, 7) is -0.420. The molecular weight excluding hydrogens is 405 g/mol. The first-order chi connectivity index (χ1) is 12.1. The molecule has 12 heteroatoms. The molecule has 2 heterocycles. The fourth-order valence-corrected chi connectivity index (χ4v) is 4.87. The monoisotopic (exact) mass is 415 g/mol. The summed E-state index contributed by atoms with van der Waals surface area (Å²) in [5, 5.41) is 1.45. The number of rotatable bonds is 4. The minimum absolute atomic E-state index is 0.420. The molecule has 0 radical (unpaired) electrons. The van der Waals surface area contributed by atoms with E-state index in [2.05, 4.69) is 4.18 Å². The van der Waals surface area contributed by atoms with Crippen molar-refractivity contribution in [3.8, 4) is 5.75 Å². The highest BCUT2D eigenvalue weighted by Gasteiger charge is 2.46. The molecule has 0 saturated carbocycles. The van der Waals surface area contributed by atoms with E-state index < -0.39 is 62.9 Å². The van der Waals surface area contributed by atoms with Crippen LogP contribution in [0, 0.1) is 29.1 Å². The van der Waals surface area contributed by atoms with Gasteiger partial charge in [0.2, 0.25) is 34.8 Å². The normalized spacial score (nSPS) is 21.3. The van der Waals surface area contributed by atoms with E-state index in [9.17, 15) is 30.4 Å². The van der Waals surface area contributed by atoms with Gasteiger partial charge in [-0.05, 0) is 11.4 Å². The molecule has 0 bridgehead atoms. The number of hydroxylamine groups is 2. The lowest BCUT2D eigenvalue weighted by Gasteiger charge is -2.21. The van der Waals surface area contributed by atoms with Crippen LogP contribution >= 0.6 is 11.3 Å². The Labute approximate surface area is 148 Å². The van der Waals surface area contributed by atoms with Crippen molar-refractivity contribution in [2.45, 2.75) is 11.3 Å². The molecule has 0 N–H and O–H groups in total. The number of benzene rings is 1. The van der Waals surface area contributed by atoms with Crippen LogP contribution in [0.3, 0.4) is 0 Å². The highest BCUT2D eigenvalue weighted by atomic mass is 32.2. The van der Waals surface area contributed by atoms with E-state index in [1.807, 2.05) is 0 Å². The molecule has 142 valence electrons. The van der Waals surface area contributed by atoms with Crippen LogP contribution in [0.25, 0.3) is 0 Å². The molecule has 0 aliphatic carbocycles. The molecule has 1 aromatic carbocycles. The van der Waals surface area contributed by atoms with Crippen LogP contribution in [-0.4, -0.2) is 32.4 Å². The van der Waals surface area contributed by atoms with Gasteiger partial charge in [0, 0.05) is 11.9 Å². The van der Waals surface area contributed by atoms with Gasteiger partial charge in [-0.2, -0.15) is 22.3 Å². The van der Waals surface area contributed by atoms with Gasteiger partial charge in [-0.15, -0.1) is 11.3 Å². The van der Waals surface area contributed by atoms with E-state index in [0.717, 1.165) is 0 Å². The van der Waals surface area contributed by atoms with Gasteiger partial charge in [0.05, 0.1) is 12.6 Å². The Kier molecular flexibility index (Phi) is 4.94. The third kappa shape index (κ3) is 3.06. The van der Waals surface area contributed by atoms with Crippen molar-refractivity contribution in [3.63, 3.8) is 0 Å². The molecule has 1 aliphatic rings. The smallest absolute Gasteiger partial charge is 0.316 e. The molecule has 0 spiro atoms. The molecule has 2 unspecified atom stereocenters. The number of nitrogens with zero attached hydrogens (tertiary/aromatic N) is 1. The van der Waals surface area contributed by atoms with Crippen LogP contribution in [0.1, 0.15) is 10.9 Å². The van der Waals surface area contributed by atoms with Gasteiger partial charge in [-0.25, -0.2) is 13.2 Å². The summed E-state index contributed by atoms with van der Waals surface area (Å²) in [7, 11) is -3.37. The molecule has 1 aromatic heterocycles. The largest absolute Gasteiger partial charge is 0.376 e. The van der Waals surface area contributed by atoms with Crippen molar-refractivity contribution in [1.29, 1.82) is 0 Å². The Balaban J connectivity index is 2.00. The van der Waals surface area contributed by atoms with Crippen LogP contribution in [-0.2, 0) is 15.0 Å². The maximum absolute atomic E-state index is 13.7. The Hall–Kier alpha value is -1.76. The summed E-state index contributed by atoms with van der Waals surface area (Å²) in [5.74, 6) is -13.6. The predicted molar refractivity (Wildman–Crippen MR) is 80.3 cm³/mol. The van der Waals surface area contributed by atoms with E-state index in [1.54, 1.807) is 17.5 Å². The van der Waals surface area contributed by atoms with Gasteiger partial charge in [0.1, 0.15) is 5.25 Å². The van der Waals surface area contributed by atoms with Gasteiger partial charge in [0.25, 0.3) is 0 Å². The molecule has 5 nitrogen and oxygen atoms in total. The zero-order valence-corrected chi connectivity index (χ0v) is 14.5. The van der Waals surface area contributed by atoms with Gasteiger partial charge in [-0.1, -0.05) is 6.07 Å². The molecule has 26 heavy (non-hydrogen) atoms. The number of halogens is 5. The Morgan fingerprint density at radius 1 is 1.12 bits per heavy atom. The fraction of sp³-hybridized carbons (Fsp3) is 0.286. The van der Waals surface area contributed by atoms with Crippen LogP contribution in [0.15, 0.2) is 17.5 Å². The van der Waals surface area contributed by atoms with Gasteiger partial charge < -0.3 is 4.18 Å². The van der Waals surface area contributed by atoms with Gasteiger partial charge in [-0.3, -0.25) is 4.84 Å². The predicted octanol–water partition coefficient (Wildman–Crippen LogP) is 3.14. The van der Waals surface area contributed by atoms with E-state index in [0.29, 0.717) is 4.88 Å². The van der Waals surface area contributed by atoms with E-state index in [4.69, 9.17) is 4.84 Å². The molecule has 1 fully saturated rings. The third-order valence-corrected chi connectivity index (χ3v) is 6.24. The average Bonchev–Trinajstić information content (AvgIpc) is 3.24. The Bertz CT molecular complexity index is 906. The SMILES string of the molecule is CN1OCC(S(=O)(=O)Oc2c(F)c(F)c(F)c(F)c2F)C1c1cccs1. The van der Waals surface area contributed by atoms with Crippen molar-refractivity contribution < 1.29 is 39.4 Å². The summed E-state index contributed by atoms with van der Waals surface area (Å²) in [5.41, 5.74) is 0. The first-order valence-corrected chi connectivity index (χ1v) is 9.34. The highest BCUT2D eigenvalue weighted by molar-refractivity contribution is 7.87. The van der Waals surface area contributed by atoms with Crippen molar-refractivity contribution >= 4 is 21.5 Å². The fourth-order valence-electron chi connectivity index (χ4n) is 2.50. The second-order valence-corrected chi connectivity index (χ2v) is 8.05. The summed E-state index contributed by atoms with van der Waals surface area (Å²) in [6, 6.07) is 2.39. The number of hydrogen-bond donors (Lipinski definition) is 0. The maximum atomic E-state index is 13.7. The van der Waals surface area contributed by atoms with E-state index >= 15 is 0 Å². The van der Waals surface area contributed by atoms with Crippen molar-refractivity contribution in [2.75, 3.05) is 13.7 Å². The molecule has 3 rings (SSSR count). The molecule has 1 saturated heterocycles. The molecule has 2 atom stereocenters. The Morgan fingerprint density at radius 3 is 2.23 bits per heavy atom. The van der Waals surface area contributed by atoms with E-state index in [1.165, 1.54) is 23.4 Å². The van der Waals surface area contributed by atoms with Crippen LogP contribution < -0.4 is 4.18 Å². The second-order valence-electron chi connectivity index (χ2n) is 5.32. The summed E-state index contributed by atoms with van der Waals surface area (Å²) >= 11 is 1.20. The lowest BCUT2D eigenvalue weighted by Crippen LogP contribution is -2.34. The quantitative estimate of drug-likeness (QED) is 0.332. The molecule has 1 aliphatic heterocycles. The lowest BCUT2D eigenvalue weighted by molar-refractivity contribution is -0.110. The maximum Gasteiger partial charge on any atom is 0.316 e. The molecular formula is C14H10F5NO4S2. The first-order valence-electron chi connectivity index (χ1n) is 6.99. The summed E-state index contributed by atoms with van der Waals surface area (Å²) in [4.78, 5) is 5.69. The topological polar surface area (TPSA) is 55.8 Å². The minimum atomic E-state index is -4.81. The first kappa shape index (κ1) is 19.0. The van der Waals surface area contributed by atoms with Crippen LogP contribution in [0.2, 0.25) is 0 Å². The highest BCUT2D eigenvalue weighted by Crippen LogP contribution is 2.38. The molecule has 0 amide bonds. The second kappa shape index (κ2) is 6.76. The standard InChI is InChI=1S/C14H10F5NO4S2/c1-20-13(6-3-2-4-25-6)7(5-23-20)26(21,22)24-14-11(18)9(16)8(15)10(17)12(14)19/h2-4,7,13H,5H2,1H3. The van der Waals surface area contributed by atoms with Crippen molar-refractivity contribution in [3.05, 3.63) is 51.5 Å². The number of hydrogen-bond acceptors (Lipinski definition) is 6. The Morgan fingerprint density at radius 2 is 1.69 bits per heavy atom. The van der Waals surface area contributed by atoms with Crippen molar-refractivity contribution in [2.24, 2.45) is 0 Å². The molecule has 2 aromatic rings. The minimum Gasteiger partial charge on any atom is -0.376 e. The lowest BCUT2D eigenvalue weighted by atomic mass is 10.2. The third-order valence-electron chi connectivity index (χ3n) is 3.76. The zero-order valence-electron chi connectivity index (χ0n) is 12.9. The number of thiophene rings is 1. The summed E-state index contributed by atoms with van der Waals surface area (Å²) in [6.07, 6.45) is 0. The zero-order chi connectivity index (χ0) is 19.2. The van der Waals surface area contributed by atoms with Crippen LogP contribution in [0.5, 0.6) is 5.75 Å². The van der Waals surface area contributed by atoms with Gasteiger partial charge >= 0.3 is 10.1 Å². The van der Waals surface area contributed by atoms with E-state index in [-0.39, 0.29) is 0 Å². The van der Waals surface area contributed by atoms with Crippen LogP contribution in [0.4, 0.5) is 22.0 Å². The van der Waals surface area contributed by atoms with Crippen molar-refractivity contribution in [1.82, 2.24) is 5.06 Å².